The molecule has 0 spiro atoms. The largest absolute Gasteiger partial charge is 0.464 e. The number of ether oxygens (including phenoxy) is 2. The minimum absolute atomic E-state index is 0.184. The topological polar surface area (TPSA) is 60.4 Å². The maximum atomic E-state index is 11.9. The predicted molar refractivity (Wildman–Crippen MR) is 78.1 cm³/mol. The Labute approximate surface area is 124 Å². The number of methoxy groups -OCH3 is 1. The first kappa shape index (κ1) is 15.5. The molecule has 0 saturated carbocycles. The van der Waals surface area contributed by atoms with Crippen LogP contribution in [-0.2, 0) is 25.7 Å². The highest BCUT2D eigenvalue weighted by Gasteiger charge is 2.20. The molecule has 6 nitrogen and oxygen atoms in total. The summed E-state index contributed by atoms with van der Waals surface area (Å²) in [4.78, 5) is 18.9. The van der Waals surface area contributed by atoms with E-state index >= 15 is 0 Å². The highest BCUT2D eigenvalue weighted by molar-refractivity contribution is 6.43. The molecule has 21 heavy (non-hydrogen) atoms. The van der Waals surface area contributed by atoms with Crippen LogP contribution >= 0.6 is 0 Å². The third-order valence-corrected chi connectivity index (χ3v) is 3.33. The minimum atomic E-state index is -0.508. The molecule has 1 saturated heterocycles. The zero-order chi connectivity index (χ0) is 15.1. The van der Waals surface area contributed by atoms with Crippen LogP contribution in [-0.4, -0.2) is 57.1 Å². The van der Waals surface area contributed by atoms with Crippen molar-refractivity contribution < 1.29 is 19.1 Å². The van der Waals surface area contributed by atoms with Crippen molar-refractivity contribution in [1.82, 2.24) is 4.90 Å². The zero-order valence-corrected chi connectivity index (χ0v) is 12.4. The number of esters is 1. The Morgan fingerprint density at radius 3 is 2.67 bits per heavy atom. The van der Waals surface area contributed by atoms with Crippen LogP contribution in [0, 0.1) is 0 Å². The van der Waals surface area contributed by atoms with Gasteiger partial charge in [0.1, 0.15) is 7.11 Å². The average Bonchev–Trinajstić information content (AvgIpc) is 2.54. The summed E-state index contributed by atoms with van der Waals surface area (Å²) in [5.74, 6) is -0.508. The molecule has 0 aromatic heterocycles. The fraction of sp³-hybridized carbons (Fsp3) is 0.467. The molecule has 0 atom stereocenters. The smallest absolute Gasteiger partial charge is 0.360 e. The molecule has 0 aliphatic carbocycles. The van der Waals surface area contributed by atoms with Gasteiger partial charge in [-0.1, -0.05) is 29.4 Å². The Morgan fingerprint density at radius 1 is 1.29 bits per heavy atom. The molecular formula is C15H20N2O4. The van der Waals surface area contributed by atoms with Crippen LogP contribution < -0.4 is 0 Å². The van der Waals surface area contributed by atoms with Crippen molar-refractivity contribution in [3.8, 4) is 0 Å². The number of carbonyl (C=O) groups excluding carboxylic acids is 1. The number of carbonyl (C=O) groups is 1. The number of hydrogen-bond acceptors (Lipinski definition) is 6. The Morgan fingerprint density at radius 2 is 2.00 bits per heavy atom. The molecule has 0 N–H and O–H groups in total. The van der Waals surface area contributed by atoms with Gasteiger partial charge in [0.2, 0.25) is 0 Å². The predicted octanol–water partition coefficient (Wildman–Crippen LogP) is 1.04. The highest BCUT2D eigenvalue weighted by atomic mass is 16.6. The van der Waals surface area contributed by atoms with Gasteiger partial charge in [0.25, 0.3) is 0 Å². The van der Waals surface area contributed by atoms with Gasteiger partial charge < -0.3 is 14.3 Å². The normalized spacial score (nSPS) is 16.6. The molecule has 1 aliphatic heterocycles. The summed E-state index contributed by atoms with van der Waals surface area (Å²) in [7, 11) is 2.74. The second kappa shape index (κ2) is 7.75. The second-order valence-corrected chi connectivity index (χ2v) is 4.66. The average molecular weight is 292 g/mol. The van der Waals surface area contributed by atoms with Gasteiger partial charge in [0, 0.05) is 25.2 Å². The van der Waals surface area contributed by atoms with Gasteiger partial charge in [-0.25, -0.2) is 4.79 Å². The molecule has 0 bridgehead atoms. The van der Waals surface area contributed by atoms with E-state index < -0.39 is 5.97 Å². The Balaban J connectivity index is 2.26. The lowest BCUT2D eigenvalue weighted by atomic mass is 10.0. The molecule has 1 heterocycles. The van der Waals surface area contributed by atoms with Crippen molar-refractivity contribution in [2.45, 2.75) is 6.54 Å². The van der Waals surface area contributed by atoms with Crippen molar-refractivity contribution >= 4 is 11.7 Å². The maximum absolute atomic E-state index is 11.9. The third kappa shape index (κ3) is 4.03. The molecule has 1 aromatic carbocycles. The summed E-state index contributed by atoms with van der Waals surface area (Å²) in [6, 6.07) is 7.65. The molecule has 0 amide bonds. The molecule has 2 rings (SSSR count). The standard InChI is InChI=1S/C15H20N2O4/c1-19-15(18)14(16-20-2)13-6-4-3-5-12(13)11-17-7-9-21-10-8-17/h3-6H,7-11H2,1-2H3/b16-14+. The number of hydrogen-bond donors (Lipinski definition) is 0. The maximum Gasteiger partial charge on any atom is 0.360 e. The highest BCUT2D eigenvalue weighted by Crippen LogP contribution is 2.15. The molecule has 0 radical (unpaired) electrons. The molecular weight excluding hydrogens is 272 g/mol. The van der Waals surface area contributed by atoms with Gasteiger partial charge in [-0.15, -0.1) is 0 Å². The van der Waals surface area contributed by atoms with Crippen LogP contribution in [0.15, 0.2) is 29.4 Å². The summed E-state index contributed by atoms with van der Waals surface area (Å²) in [6.45, 7) is 3.96. The first-order chi connectivity index (χ1) is 10.3. The van der Waals surface area contributed by atoms with E-state index in [1.807, 2.05) is 24.3 Å². The SMILES string of the molecule is CO/N=C(/C(=O)OC)c1ccccc1CN1CCOCC1. The minimum Gasteiger partial charge on any atom is -0.464 e. The number of morpholine rings is 1. The molecule has 0 unspecified atom stereocenters. The number of nitrogens with zero attached hydrogens (tertiary/aromatic N) is 2. The quantitative estimate of drug-likeness (QED) is 0.461. The van der Waals surface area contributed by atoms with Crippen LogP contribution in [0.1, 0.15) is 11.1 Å². The first-order valence-electron chi connectivity index (χ1n) is 6.84. The second-order valence-electron chi connectivity index (χ2n) is 4.66. The summed E-state index contributed by atoms with van der Waals surface area (Å²) >= 11 is 0. The first-order valence-corrected chi connectivity index (χ1v) is 6.84. The van der Waals surface area contributed by atoms with E-state index in [9.17, 15) is 4.79 Å². The number of benzene rings is 1. The molecule has 1 aromatic rings. The Bertz CT molecular complexity index is 510. The Kier molecular flexibility index (Phi) is 5.71. The zero-order valence-electron chi connectivity index (χ0n) is 12.4. The number of oxime groups is 1. The van der Waals surface area contributed by atoms with E-state index in [-0.39, 0.29) is 5.71 Å². The van der Waals surface area contributed by atoms with Crippen molar-refractivity contribution in [1.29, 1.82) is 0 Å². The van der Waals surface area contributed by atoms with Crippen LogP contribution in [0.4, 0.5) is 0 Å². The van der Waals surface area contributed by atoms with E-state index in [1.54, 1.807) is 0 Å². The summed E-state index contributed by atoms with van der Waals surface area (Å²) in [6.07, 6.45) is 0. The summed E-state index contributed by atoms with van der Waals surface area (Å²) in [5, 5.41) is 3.82. The fourth-order valence-corrected chi connectivity index (χ4v) is 2.27. The molecule has 114 valence electrons. The van der Waals surface area contributed by atoms with Crippen LogP contribution in [0.2, 0.25) is 0 Å². The van der Waals surface area contributed by atoms with E-state index in [4.69, 9.17) is 14.3 Å². The van der Waals surface area contributed by atoms with E-state index in [0.717, 1.165) is 44.0 Å². The van der Waals surface area contributed by atoms with E-state index in [2.05, 4.69) is 10.1 Å². The van der Waals surface area contributed by atoms with E-state index in [1.165, 1.54) is 14.2 Å². The van der Waals surface area contributed by atoms with Crippen LogP contribution in [0.5, 0.6) is 0 Å². The van der Waals surface area contributed by atoms with Gasteiger partial charge in [-0.3, -0.25) is 4.90 Å². The molecule has 1 aliphatic rings. The van der Waals surface area contributed by atoms with Gasteiger partial charge in [-0.05, 0) is 5.56 Å². The lowest BCUT2D eigenvalue weighted by molar-refractivity contribution is -0.132. The van der Waals surface area contributed by atoms with Crippen LogP contribution in [0.3, 0.4) is 0 Å². The third-order valence-electron chi connectivity index (χ3n) is 3.33. The van der Waals surface area contributed by atoms with Crippen molar-refractivity contribution in [3.05, 3.63) is 35.4 Å². The van der Waals surface area contributed by atoms with Gasteiger partial charge in [0.15, 0.2) is 5.71 Å². The molecule has 6 heteroatoms. The van der Waals surface area contributed by atoms with Crippen molar-refractivity contribution in [2.24, 2.45) is 5.16 Å². The Hall–Kier alpha value is -1.92. The molecule has 1 fully saturated rings. The van der Waals surface area contributed by atoms with Gasteiger partial charge in [0.05, 0.1) is 20.3 Å². The van der Waals surface area contributed by atoms with Crippen molar-refractivity contribution in [2.75, 3.05) is 40.5 Å². The van der Waals surface area contributed by atoms with Crippen LogP contribution in [0.25, 0.3) is 0 Å². The fourth-order valence-electron chi connectivity index (χ4n) is 2.27. The number of rotatable bonds is 5. The van der Waals surface area contributed by atoms with Crippen molar-refractivity contribution in [3.63, 3.8) is 0 Å². The lowest BCUT2D eigenvalue weighted by Gasteiger charge is -2.27. The lowest BCUT2D eigenvalue weighted by Crippen LogP contribution is -2.36. The van der Waals surface area contributed by atoms with E-state index in [0.29, 0.717) is 0 Å². The summed E-state index contributed by atoms with van der Waals surface area (Å²) < 4.78 is 10.1. The monoisotopic (exact) mass is 292 g/mol. The van der Waals surface area contributed by atoms with Gasteiger partial charge >= 0.3 is 5.97 Å². The summed E-state index contributed by atoms with van der Waals surface area (Å²) in [5.41, 5.74) is 1.93. The van der Waals surface area contributed by atoms with Gasteiger partial charge in [-0.2, -0.15) is 0 Å².